The Morgan fingerprint density at radius 3 is 2.86 bits per heavy atom. The van der Waals surface area contributed by atoms with Gasteiger partial charge in [-0.2, -0.15) is 5.10 Å². The van der Waals surface area contributed by atoms with Crippen LogP contribution in [0.5, 0.6) is 0 Å². The minimum atomic E-state index is -1.12. The number of hydrogen-bond donors (Lipinski definition) is 2. The van der Waals surface area contributed by atoms with Crippen molar-refractivity contribution in [2.45, 2.75) is 39.0 Å². The maximum atomic E-state index is 13.2. The lowest BCUT2D eigenvalue weighted by molar-refractivity contribution is -0.0924. The minimum Gasteiger partial charge on any atom is -0.374 e. The van der Waals surface area contributed by atoms with Gasteiger partial charge in [0.25, 0.3) is 5.91 Å². The lowest BCUT2D eigenvalue weighted by atomic mass is 9.83. The van der Waals surface area contributed by atoms with Crippen molar-refractivity contribution in [2.75, 3.05) is 13.1 Å². The van der Waals surface area contributed by atoms with Crippen molar-refractivity contribution >= 4 is 11.6 Å². The largest absolute Gasteiger partial charge is 0.374 e. The molecule has 29 heavy (non-hydrogen) atoms. The monoisotopic (exact) mass is 392 g/mol. The molecule has 2 N–H and O–H groups in total. The molecule has 0 radical (unpaired) electrons. The van der Waals surface area contributed by atoms with Crippen molar-refractivity contribution < 1.29 is 9.90 Å². The molecule has 1 aromatic carbocycles. The van der Waals surface area contributed by atoms with Crippen LogP contribution in [0.2, 0.25) is 0 Å². The third-order valence-corrected chi connectivity index (χ3v) is 6.24. The highest BCUT2D eigenvalue weighted by Gasteiger charge is 2.45. The van der Waals surface area contributed by atoms with Crippen molar-refractivity contribution in [1.29, 1.82) is 0 Å². The van der Waals surface area contributed by atoms with E-state index in [9.17, 15) is 9.90 Å². The Morgan fingerprint density at radius 2 is 2.03 bits per heavy atom. The Morgan fingerprint density at radius 1 is 1.24 bits per heavy atom. The summed E-state index contributed by atoms with van der Waals surface area (Å²) in [6.45, 7) is 5.09. The third-order valence-electron chi connectivity index (χ3n) is 6.24. The van der Waals surface area contributed by atoms with Gasteiger partial charge >= 0.3 is 0 Å². The maximum absolute atomic E-state index is 13.2. The first kappa shape index (κ1) is 18.2. The van der Waals surface area contributed by atoms with Gasteiger partial charge in [-0.1, -0.05) is 24.3 Å². The molecule has 0 bridgehead atoms. The van der Waals surface area contributed by atoms with Crippen LogP contribution in [0.3, 0.4) is 0 Å². The van der Waals surface area contributed by atoms with Gasteiger partial charge in [0.2, 0.25) is 0 Å². The number of nitrogens with one attached hydrogen (secondary N) is 1. The Kier molecular flexibility index (Phi) is 4.15. The van der Waals surface area contributed by atoms with E-state index in [-0.39, 0.29) is 24.1 Å². The van der Waals surface area contributed by atoms with Crippen molar-refractivity contribution in [3.8, 4) is 0 Å². The van der Waals surface area contributed by atoms with Gasteiger partial charge in [0.1, 0.15) is 5.72 Å². The lowest BCUT2D eigenvalue weighted by Gasteiger charge is -2.44. The molecule has 8 nitrogen and oxygen atoms in total. The highest BCUT2D eigenvalue weighted by atomic mass is 16.3. The van der Waals surface area contributed by atoms with E-state index in [1.54, 1.807) is 9.42 Å². The van der Waals surface area contributed by atoms with Gasteiger partial charge in [-0.05, 0) is 37.8 Å². The van der Waals surface area contributed by atoms with E-state index < -0.39 is 5.72 Å². The van der Waals surface area contributed by atoms with Crippen LogP contribution in [0.4, 0.5) is 0 Å². The number of carbonyl (C=O) groups excluding carboxylic acids is 1. The Labute approximate surface area is 168 Å². The first-order chi connectivity index (χ1) is 13.9. The molecule has 8 heteroatoms. The van der Waals surface area contributed by atoms with Crippen molar-refractivity contribution in [1.82, 2.24) is 30.0 Å². The van der Waals surface area contributed by atoms with Crippen LogP contribution >= 0.6 is 0 Å². The third kappa shape index (κ3) is 2.99. The summed E-state index contributed by atoms with van der Waals surface area (Å²) in [5.41, 5.74) is 3.72. The summed E-state index contributed by atoms with van der Waals surface area (Å²) in [6.07, 6.45) is 1.53. The smallest absolute Gasteiger partial charge is 0.276 e. The van der Waals surface area contributed by atoms with E-state index in [0.717, 1.165) is 18.5 Å². The molecule has 0 spiro atoms. The summed E-state index contributed by atoms with van der Waals surface area (Å²) in [5.74, 6) is -0.167. The van der Waals surface area contributed by atoms with E-state index >= 15 is 0 Å². The van der Waals surface area contributed by atoms with Gasteiger partial charge in [-0.15, -0.1) is 10.2 Å². The summed E-state index contributed by atoms with van der Waals surface area (Å²) >= 11 is 0. The molecule has 2 aliphatic rings. The molecule has 1 amide bonds. The van der Waals surface area contributed by atoms with Crippen molar-refractivity contribution in [3.05, 3.63) is 58.5 Å². The highest BCUT2D eigenvalue weighted by molar-refractivity contribution is 5.93. The zero-order valence-electron chi connectivity index (χ0n) is 16.6. The van der Waals surface area contributed by atoms with Crippen LogP contribution in [-0.4, -0.2) is 54.5 Å². The molecular formula is C21H24N6O2. The molecular weight excluding hydrogens is 368 g/mol. The molecule has 2 atom stereocenters. The number of aryl methyl sites for hydroxylation is 2. The Hall–Kier alpha value is -2.84. The number of likely N-dealkylation sites (tertiary alicyclic amines) is 1. The average molecular weight is 392 g/mol. The fraction of sp³-hybridized carbons (Fsp3) is 0.429. The van der Waals surface area contributed by atoms with E-state index in [2.05, 4.69) is 32.7 Å². The number of carbonyl (C=O) groups is 1. The fourth-order valence-electron chi connectivity index (χ4n) is 4.56. The normalized spacial score (nSPS) is 24.1. The minimum absolute atomic E-state index is 0.0543. The number of β-amino-alcohol motifs (C(OH)–C–C–N with tert-alkyl or cyclic N) is 1. The molecule has 2 aromatic heterocycles. The van der Waals surface area contributed by atoms with Crippen molar-refractivity contribution in [3.63, 3.8) is 0 Å². The number of hydrogen-bond acceptors (Lipinski definition) is 6. The van der Waals surface area contributed by atoms with Gasteiger partial charge in [0, 0.05) is 25.1 Å². The first-order valence-electron chi connectivity index (χ1n) is 9.98. The zero-order chi connectivity index (χ0) is 20.2. The number of aliphatic hydroxyl groups is 1. The van der Waals surface area contributed by atoms with Crippen LogP contribution in [0.25, 0.3) is 5.65 Å². The predicted molar refractivity (Wildman–Crippen MR) is 106 cm³/mol. The summed E-state index contributed by atoms with van der Waals surface area (Å²) in [5, 5.41) is 27.4. The fourth-order valence-corrected chi connectivity index (χ4v) is 4.56. The Bertz CT molecular complexity index is 1110. The maximum Gasteiger partial charge on any atom is 0.276 e. The molecule has 150 valence electrons. The molecule has 3 aromatic rings. The summed E-state index contributed by atoms with van der Waals surface area (Å²) < 4.78 is 1.65. The number of rotatable bonds is 1. The van der Waals surface area contributed by atoms with E-state index in [0.29, 0.717) is 24.4 Å². The summed E-state index contributed by atoms with van der Waals surface area (Å²) in [4.78, 5) is 14.9. The molecule has 1 fully saturated rings. The van der Waals surface area contributed by atoms with Crippen LogP contribution in [-0.2, 0) is 13.0 Å². The topological polar surface area (TPSA) is 95.7 Å². The second-order valence-electron chi connectivity index (χ2n) is 8.15. The van der Waals surface area contributed by atoms with Gasteiger partial charge in [-0.3, -0.25) is 10.1 Å². The number of benzene rings is 1. The van der Waals surface area contributed by atoms with Gasteiger partial charge in [0.05, 0.1) is 17.9 Å². The molecule has 1 saturated heterocycles. The number of aromatic nitrogens is 4. The number of fused-ring (bicyclic) bond motifs is 3. The summed E-state index contributed by atoms with van der Waals surface area (Å²) in [7, 11) is 0. The number of piperidine rings is 1. The van der Waals surface area contributed by atoms with Gasteiger partial charge < -0.3 is 10.0 Å². The summed E-state index contributed by atoms with van der Waals surface area (Å²) in [6, 6.07) is 10.1. The van der Waals surface area contributed by atoms with Crippen LogP contribution in [0, 0.1) is 19.8 Å². The Balaban J connectivity index is 1.42. The van der Waals surface area contributed by atoms with Gasteiger partial charge in [-0.25, -0.2) is 4.52 Å². The second-order valence-corrected chi connectivity index (χ2v) is 8.15. The first-order valence-corrected chi connectivity index (χ1v) is 9.98. The highest BCUT2D eigenvalue weighted by Crippen LogP contribution is 2.33. The van der Waals surface area contributed by atoms with E-state index in [1.165, 1.54) is 11.1 Å². The zero-order valence-corrected chi connectivity index (χ0v) is 16.6. The lowest BCUT2D eigenvalue weighted by Crippen LogP contribution is -2.62. The molecule has 0 unspecified atom stereocenters. The standard InChI is InChI=1S/C21H24N6O2/c1-13-9-18-23-24-19(14(2)27(18)25-13)20(28)26-8-7-17-10-15-5-3-4-6-16(15)11-22-21(17,29)12-26/h3-6,9,17,22,29H,7-8,10-12H2,1-2H3/t17-,21+/m1/s1. The molecule has 4 heterocycles. The predicted octanol–water partition coefficient (Wildman–Crippen LogP) is 1.24. The van der Waals surface area contributed by atoms with Gasteiger partial charge in [0.15, 0.2) is 11.3 Å². The molecule has 5 rings (SSSR count). The number of amides is 1. The second kappa shape index (κ2) is 6.60. The van der Waals surface area contributed by atoms with E-state index in [1.807, 2.05) is 32.0 Å². The van der Waals surface area contributed by atoms with Crippen LogP contribution in [0.15, 0.2) is 30.3 Å². The molecule has 0 saturated carbocycles. The SMILES string of the molecule is Cc1cc2nnc(C(=O)N3CC[C@@H]4Cc5ccccc5CN[C@]4(O)C3)c(C)n2n1. The quantitative estimate of drug-likeness (QED) is 0.647. The van der Waals surface area contributed by atoms with Crippen LogP contribution in [0.1, 0.15) is 39.4 Å². The van der Waals surface area contributed by atoms with Crippen LogP contribution < -0.4 is 5.32 Å². The van der Waals surface area contributed by atoms with Crippen molar-refractivity contribution in [2.24, 2.45) is 5.92 Å². The average Bonchev–Trinajstić information content (AvgIpc) is 3.02. The van der Waals surface area contributed by atoms with E-state index in [4.69, 9.17) is 0 Å². The molecule has 2 aliphatic heterocycles. The molecule has 0 aliphatic carbocycles. The number of nitrogens with zero attached hydrogens (tertiary/aromatic N) is 5.